The number of aromatic nitrogens is 2. The molecule has 2 aromatic rings. The van der Waals surface area contributed by atoms with E-state index >= 15 is 0 Å². The maximum Gasteiger partial charge on any atom is 0.263 e. The summed E-state index contributed by atoms with van der Waals surface area (Å²) >= 11 is 5.60. The second kappa shape index (κ2) is 5.38. The molecule has 1 aromatic carbocycles. The standard InChI is InChI=1S/C12H10ClN3O4S/c13-11-3-4-12(15-14-11)16-21(17,18)8-1-2-9-10(7-8)20-6-5-19-9/h1-4,7H,5-6H2,(H,15,16). The fourth-order valence-electron chi connectivity index (χ4n) is 1.76. The Hall–Kier alpha value is -2.06. The summed E-state index contributed by atoms with van der Waals surface area (Å²) in [6, 6.07) is 7.25. The van der Waals surface area contributed by atoms with Crippen molar-refractivity contribution in [1.29, 1.82) is 0 Å². The van der Waals surface area contributed by atoms with Crippen molar-refractivity contribution in [2.75, 3.05) is 17.9 Å². The maximum atomic E-state index is 12.3. The molecule has 0 spiro atoms. The minimum atomic E-state index is -3.79. The molecule has 1 aliphatic heterocycles. The molecule has 0 radical (unpaired) electrons. The monoisotopic (exact) mass is 327 g/mol. The third kappa shape index (κ3) is 3.01. The number of nitrogens with zero attached hydrogens (tertiary/aromatic N) is 2. The molecule has 0 fully saturated rings. The summed E-state index contributed by atoms with van der Waals surface area (Å²) in [5.74, 6) is 0.993. The Morgan fingerprint density at radius 1 is 1.05 bits per heavy atom. The van der Waals surface area contributed by atoms with Gasteiger partial charge < -0.3 is 9.47 Å². The molecule has 21 heavy (non-hydrogen) atoms. The molecule has 2 heterocycles. The van der Waals surface area contributed by atoms with Gasteiger partial charge in [0, 0.05) is 6.07 Å². The zero-order valence-corrected chi connectivity index (χ0v) is 12.2. The molecular weight excluding hydrogens is 318 g/mol. The highest BCUT2D eigenvalue weighted by atomic mass is 35.5. The summed E-state index contributed by atoms with van der Waals surface area (Å²) in [6.07, 6.45) is 0. The lowest BCUT2D eigenvalue weighted by atomic mass is 10.3. The molecule has 110 valence electrons. The number of nitrogens with one attached hydrogen (secondary N) is 1. The number of fused-ring (bicyclic) bond motifs is 1. The molecule has 7 nitrogen and oxygen atoms in total. The van der Waals surface area contributed by atoms with Gasteiger partial charge in [0.15, 0.2) is 22.5 Å². The normalized spacial score (nSPS) is 13.8. The Morgan fingerprint density at radius 2 is 1.81 bits per heavy atom. The Balaban J connectivity index is 1.89. The predicted molar refractivity (Wildman–Crippen MR) is 75.3 cm³/mol. The Bertz CT molecular complexity index is 765. The van der Waals surface area contributed by atoms with E-state index in [0.717, 1.165) is 0 Å². The van der Waals surface area contributed by atoms with E-state index in [1.54, 1.807) is 6.07 Å². The van der Waals surface area contributed by atoms with Crippen molar-refractivity contribution in [2.24, 2.45) is 0 Å². The van der Waals surface area contributed by atoms with Crippen LogP contribution in [0.1, 0.15) is 0 Å². The van der Waals surface area contributed by atoms with Crippen LogP contribution in [-0.4, -0.2) is 31.8 Å². The minimum absolute atomic E-state index is 0.0449. The SMILES string of the molecule is O=S(=O)(Nc1ccc(Cl)nn1)c1ccc2c(c1)OCCO2. The maximum absolute atomic E-state index is 12.3. The second-order valence-corrected chi connectivity index (χ2v) is 6.22. The molecular formula is C12H10ClN3O4S. The van der Waals surface area contributed by atoms with Gasteiger partial charge in [-0.05, 0) is 24.3 Å². The molecule has 1 N–H and O–H groups in total. The summed E-state index contributed by atoms with van der Waals surface area (Å²) in [7, 11) is -3.79. The Morgan fingerprint density at radius 3 is 2.52 bits per heavy atom. The summed E-state index contributed by atoms with van der Waals surface area (Å²) in [6.45, 7) is 0.824. The van der Waals surface area contributed by atoms with Crippen molar-refractivity contribution in [3.63, 3.8) is 0 Å². The summed E-state index contributed by atoms with van der Waals surface area (Å²) in [5, 5.41) is 7.40. The van der Waals surface area contributed by atoms with E-state index in [0.29, 0.717) is 24.7 Å². The first-order valence-corrected chi connectivity index (χ1v) is 7.82. The summed E-state index contributed by atoms with van der Waals surface area (Å²) in [4.78, 5) is 0.0449. The van der Waals surface area contributed by atoms with Crippen molar-refractivity contribution in [2.45, 2.75) is 4.90 Å². The predicted octanol–water partition coefficient (Wildman–Crippen LogP) is 1.70. The van der Waals surface area contributed by atoms with Crippen molar-refractivity contribution >= 4 is 27.4 Å². The molecule has 1 aromatic heterocycles. The van der Waals surface area contributed by atoms with E-state index in [4.69, 9.17) is 21.1 Å². The van der Waals surface area contributed by atoms with E-state index in [-0.39, 0.29) is 15.9 Å². The number of rotatable bonds is 3. The fourth-order valence-corrected chi connectivity index (χ4v) is 2.87. The van der Waals surface area contributed by atoms with Crippen LogP contribution < -0.4 is 14.2 Å². The third-order valence-electron chi connectivity index (χ3n) is 2.69. The average Bonchev–Trinajstić information content (AvgIpc) is 2.49. The smallest absolute Gasteiger partial charge is 0.263 e. The van der Waals surface area contributed by atoms with Gasteiger partial charge in [0.2, 0.25) is 0 Å². The number of ether oxygens (including phenoxy) is 2. The largest absolute Gasteiger partial charge is 0.486 e. The van der Waals surface area contributed by atoms with Gasteiger partial charge in [0.1, 0.15) is 13.2 Å². The highest BCUT2D eigenvalue weighted by molar-refractivity contribution is 7.92. The van der Waals surface area contributed by atoms with Gasteiger partial charge in [-0.2, -0.15) is 0 Å². The van der Waals surface area contributed by atoms with Crippen LogP contribution in [0.15, 0.2) is 35.2 Å². The van der Waals surface area contributed by atoms with Crippen molar-refractivity contribution < 1.29 is 17.9 Å². The topological polar surface area (TPSA) is 90.4 Å². The fraction of sp³-hybridized carbons (Fsp3) is 0.167. The van der Waals surface area contributed by atoms with Gasteiger partial charge in [-0.25, -0.2) is 8.42 Å². The first kappa shape index (κ1) is 13.9. The summed E-state index contributed by atoms with van der Waals surface area (Å²) < 4.78 is 37.5. The quantitative estimate of drug-likeness (QED) is 0.922. The van der Waals surface area contributed by atoms with Crippen molar-refractivity contribution in [3.8, 4) is 11.5 Å². The second-order valence-electron chi connectivity index (χ2n) is 4.15. The number of hydrogen-bond acceptors (Lipinski definition) is 6. The summed E-state index contributed by atoms with van der Waals surface area (Å²) in [5.41, 5.74) is 0. The molecule has 0 saturated heterocycles. The highest BCUT2D eigenvalue weighted by Gasteiger charge is 2.20. The third-order valence-corrected chi connectivity index (χ3v) is 4.25. The van der Waals surface area contributed by atoms with Crippen LogP contribution in [0.4, 0.5) is 5.82 Å². The number of benzene rings is 1. The zero-order chi connectivity index (χ0) is 14.9. The highest BCUT2D eigenvalue weighted by Crippen LogP contribution is 2.32. The average molecular weight is 328 g/mol. The number of anilines is 1. The first-order valence-electron chi connectivity index (χ1n) is 5.96. The number of sulfonamides is 1. The van der Waals surface area contributed by atoms with Crippen LogP contribution >= 0.6 is 11.6 Å². The van der Waals surface area contributed by atoms with Gasteiger partial charge in [-0.3, -0.25) is 4.72 Å². The van der Waals surface area contributed by atoms with Crippen LogP contribution in [0.3, 0.4) is 0 Å². The first-order chi connectivity index (χ1) is 10.0. The van der Waals surface area contributed by atoms with E-state index in [9.17, 15) is 8.42 Å². The molecule has 0 atom stereocenters. The van der Waals surface area contributed by atoms with Gasteiger partial charge in [0.25, 0.3) is 10.0 Å². The number of hydrogen-bond donors (Lipinski definition) is 1. The molecule has 0 amide bonds. The van der Waals surface area contributed by atoms with Crippen molar-refractivity contribution in [1.82, 2.24) is 10.2 Å². The lowest BCUT2D eigenvalue weighted by Crippen LogP contribution is -2.17. The molecule has 0 aliphatic carbocycles. The molecule has 0 unspecified atom stereocenters. The molecule has 9 heteroatoms. The van der Waals surface area contributed by atoms with Crippen LogP contribution in [0.5, 0.6) is 11.5 Å². The number of halogens is 1. The minimum Gasteiger partial charge on any atom is -0.486 e. The van der Waals surface area contributed by atoms with E-state index in [2.05, 4.69) is 14.9 Å². The van der Waals surface area contributed by atoms with Crippen molar-refractivity contribution in [3.05, 3.63) is 35.5 Å². The van der Waals surface area contributed by atoms with Crippen LogP contribution in [-0.2, 0) is 10.0 Å². The lowest BCUT2D eigenvalue weighted by molar-refractivity contribution is 0.171. The van der Waals surface area contributed by atoms with Gasteiger partial charge in [-0.1, -0.05) is 11.6 Å². The zero-order valence-electron chi connectivity index (χ0n) is 10.6. The Labute approximate surface area is 125 Å². The lowest BCUT2D eigenvalue weighted by Gasteiger charge is -2.18. The Kier molecular flexibility index (Phi) is 3.56. The van der Waals surface area contributed by atoms with E-state index < -0.39 is 10.0 Å². The van der Waals surface area contributed by atoms with Crippen LogP contribution in [0.2, 0.25) is 5.15 Å². The molecule has 0 saturated carbocycles. The molecule has 0 bridgehead atoms. The van der Waals surface area contributed by atoms with E-state index in [1.807, 2.05) is 0 Å². The molecule has 1 aliphatic rings. The molecule has 3 rings (SSSR count). The van der Waals surface area contributed by atoms with Gasteiger partial charge in [0.05, 0.1) is 4.90 Å². The van der Waals surface area contributed by atoms with Gasteiger partial charge in [-0.15, -0.1) is 10.2 Å². The van der Waals surface area contributed by atoms with E-state index in [1.165, 1.54) is 24.3 Å². The van der Waals surface area contributed by atoms with Crippen LogP contribution in [0.25, 0.3) is 0 Å². The van der Waals surface area contributed by atoms with Gasteiger partial charge >= 0.3 is 0 Å². The van der Waals surface area contributed by atoms with Crippen LogP contribution in [0, 0.1) is 0 Å².